The van der Waals surface area contributed by atoms with E-state index >= 15 is 0 Å². The summed E-state index contributed by atoms with van der Waals surface area (Å²) < 4.78 is 0. The topological polar surface area (TPSA) is 29.1 Å². The van der Waals surface area contributed by atoms with Crippen molar-refractivity contribution in [1.29, 1.82) is 0 Å². The summed E-state index contributed by atoms with van der Waals surface area (Å²) in [6.07, 6.45) is 9.23. The van der Waals surface area contributed by atoms with Crippen LogP contribution in [0.4, 0.5) is 0 Å². The van der Waals surface area contributed by atoms with E-state index in [-0.39, 0.29) is 11.8 Å². The number of carbonyl (C=O) groups excluding carboxylic acids is 1. The Balaban J connectivity index is 2.20. The number of hydrogen-bond acceptors (Lipinski definition) is 2. The van der Waals surface area contributed by atoms with Crippen LogP contribution in [0, 0.1) is 5.92 Å². The van der Waals surface area contributed by atoms with Crippen molar-refractivity contribution in [3.63, 3.8) is 0 Å². The van der Waals surface area contributed by atoms with Crippen molar-refractivity contribution in [2.24, 2.45) is 5.92 Å². The average molecular weight is 197 g/mol. The van der Waals surface area contributed by atoms with Gasteiger partial charge in [0.25, 0.3) is 0 Å². The SMILES string of the molecule is CN[C@@H](CCC1CCCCC1)C(C)=O. The number of carbonyl (C=O) groups is 1. The van der Waals surface area contributed by atoms with Gasteiger partial charge in [-0.15, -0.1) is 0 Å². The Morgan fingerprint density at radius 3 is 2.50 bits per heavy atom. The van der Waals surface area contributed by atoms with E-state index in [0.717, 1.165) is 12.3 Å². The van der Waals surface area contributed by atoms with Crippen molar-refractivity contribution in [2.75, 3.05) is 7.05 Å². The van der Waals surface area contributed by atoms with E-state index in [1.807, 2.05) is 7.05 Å². The predicted molar refractivity (Wildman–Crippen MR) is 59.3 cm³/mol. The molecule has 0 amide bonds. The van der Waals surface area contributed by atoms with E-state index in [0.29, 0.717) is 0 Å². The third-order valence-corrected chi connectivity index (χ3v) is 3.43. The van der Waals surface area contributed by atoms with Gasteiger partial charge >= 0.3 is 0 Å². The van der Waals surface area contributed by atoms with E-state index in [2.05, 4.69) is 5.32 Å². The lowest BCUT2D eigenvalue weighted by Gasteiger charge is -2.23. The molecule has 2 nitrogen and oxygen atoms in total. The van der Waals surface area contributed by atoms with Gasteiger partial charge < -0.3 is 5.32 Å². The predicted octanol–water partition coefficient (Wildman–Crippen LogP) is 2.52. The van der Waals surface area contributed by atoms with Crippen LogP contribution >= 0.6 is 0 Å². The lowest BCUT2D eigenvalue weighted by atomic mass is 9.85. The van der Waals surface area contributed by atoms with Gasteiger partial charge in [0.2, 0.25) is 0 Å². The zero-order valence-electron chi connectivity index (χ0n) is 9.51. The average Bonchev–Trinajstić information content (AvgIpc) is 2.20. The summed E-state index contributed by atoms with van der Waals surface area (Å²) in [6, 6.07) is 0.0944. The van der Waals surface area contributed by atoms with Crippen LogP contribution in [0.5, 0.6) is 0 Å². The van der Waals surface area contributed by atoms with Crippen molar-refractivity contribution in [2.45, 2.75) is 57.9 Å². The van der Waals surface area contributed by atoms with Crippen LogP contribution in [0.25, 0.3) is 0 Å². The molecule has 0 heterocycles. The van der Waals surface area contributed by atoms with Gasteiger partial charge in [-0.1, -0.05) is 32.1 Å². The van der Waals surface area contributed by atoms with Crippen molar-refractivity contribution in [3.05, 3.63) is 0 Å². The first-order valence-corrected chi connectivity index (χ1v) is 5.91. The number of ketones is 1. The standard InChI is InChI=1S/C12H23NO/c1-10(14)12(13-2)9-8-11-6-4-3-5-7-11/h11-13H,3-9H2,1-2H3/t12-/m0/s1. The lowest BCUT2D eigenvalue weighted by Crippen LogP contribution is -2.32. The van der Waals surface area contributed by atoms with Crippen LogP contribution in [0.15, 0.2) is 0 Å². The first kappa shape index (κ1) is 11.7. The molecule has 1 aliphatic rings. The van der Waals surface area contributed by atoms with E-state index < -0.39 is 0 Å². The second-order valence-electron chi connectivity index (χ2n) is 4.53. The maximum atomic E-state index is 11.2. The van der Waals surface area contributed by atoms with Crippen molar-refractivity contribution < 1.29 is 4.79 Å². The summed E-state index contributed by atoms with van der Waals surface area (Å²) in [6.45, 7) is 1.68. The van der Waals surface area contributed by atoms with Crippen molar-refractivity contribution in [1.82, 2.24) is 5.32 Å². The third kappa shape index (κ3) is 3.79. The fourth-order valence-corrected chi connectivity index (χ4v) is 2.43. The smallest absolute Gasteiger partial charge is 0.146 e. The third-order valence-electron chi connectivity index (χ3n) is 3.43. The largest absolute Gasteiger partial charge is 0.311 e. The fourth-order valence-electron chi connectivity index (χ4n) is 2.43. The van der Waals surface area contributed by atoms with Crippen molar-refractivity contribution in [3.8, 4) is 0 Å². The Morgan fingerprint density at radius 1 is 1.36 bits per heavy atom. The molecular weight excluding hydrogens is 174 g/mol. The minimum atomic E-state index is 0.0944. The van der Waals surface area contributed by atoms with E-state index in [4.69, 9.17) is 0 Å². The Hall–Kier alpha value is -0.370. The van der Waals surface area contributed by atoms with Crippen LogP contribution in [-0.2, 0) is 4.79 Å². The molecule has 0 radical (unpaired) electrons. The number of nitrogens with one attached hydrogen (secondary N) is 1. The Bertz CT molecular complexity index is 173. The molecule has 0 aromatic rings. The lowest BCUT2D eigenvalue weighted by molar-refractivity contribution is -0.119. The Labute approximate surface area is 87.5 Å². The monoisotopic (exact) mass is 197 g/mol. The normalized spacial score (nSPS) is 20.7. The van der Waals surface area contributed by atoms with Gasteiger partial charge in [0.1, 0.15) is 5.78 Å². The zero-order valence-corrected chi connectivity index (χ0v) is 9.51. The summed E-state index contributed by atoms with van der Waals surface area (Å²) in [5.41, 5.74) is 0. The van der Waals surface area contributed by atoms with Gasteiger partial charge in [-0.2, -0.15) is 0 Å². The second kappa shape index (κ2) is 6.18. The van der Waals surface area contributed by atoms with E-state index in [1.54, 1.807) is 6.92 Å². The minimum Gasteiger partial charge on any atom is -0.311 e. The summed E-state index contributed by atoms with van der Waals surface area (Å²) in [7, 11) is 1.88. The number of likely N-dealkylation sites (N-methyl/N-ethyl adjacent to an activating group) is 1. The zero-order chi connectivity index (χ0) is 10.4. The Morgan fingerprint density at radius 2 is 2.00 bits per heavy atom. The molecule has 14 heavy (non-hydrogen) atoms. The molecule has 1 fully saturated rings. The quantitative estimate of drug-likeness (QED) is 0.733. The molecule has 82 valence electrons. The van der Waals surface area contributed by atoms with Crippen LogP contribution in [0.3, 0.4) is 0 Å². The number of hydrogen-bond donors (Lipinski definition) is 1. The van der Waals surface area contributed by atoms with Gasteiger partial charge in [0, 0.05) is 0 Å². The molecule has 1 saturated carbocycles. The number of rotatable bonds is 5. The summed E-state index contributed by atoms with van der Waals surface area (Å²) in [4.78, 5) is 11.2. The highest BCUT2D eigenvalue weighted by molar-refractivity contribution is 5.81. The molecule has 0 aliphatic heterocycles. The van der Waals surface area contributed by atoms with Crippen LogP contribution in [0.2, 0.25) is 0 Å². The first-order chi connectivity index (χ1) is 6.74. The van der Waals surface area contributed by atoms with Gasteiger partial charge in [-0.25, -0.2) is 0 Å². The molecule has 0 bridgehead atoms. The molecule has 1 aliphatic carbocycles. The molecular formula is C12H23NO. The highest BCUT2D eigenvalue weighted by Crippen LogP contribution is 2.27. The maximum absolute atomic E-state index is 11.2. The first-order valence-electron chi connectivity index (χ1n) is 5.91. The second-order valence-corrected chi connectivity index (χ2v) is 4.53. The fraction of sp³-hybridized carbons (Fsp3) is 0.917. The van der Waals surface area contributed by atoms with E-state index in [1.165, 1.54) is 38.5 Å². The highest BCUT2D eigenvalue weighted by atomic mass is 16.1. The van der Waals surface area contributed by atoms with Gasteiger partial charge in [-0.05, 0) is 32.7 Å². The summed E-state index contributed by atoms with van der Waals surface area (Å²) in [5, 5.41) is 3.09. The minimum absolute atomic E-state index is 0.0944. The molecule has 2 heteroatoms. The maximum Gasteiger partial charge on any atom is 0.146 e. The molecule has 0 aromatic heterocycles. The molecule has 0 spiro atoms. The molecule has 1 rings (SSSR count). The van der Waals surface area contributed by atoms with E-state index in [9.17, 15) is 4.79 Å². The summed E-state index contributed by atoms with van der Waals surface area (Å²) in [5.74, 6) is 1.17. The number of Topliss-reactive ketones (excluding diaryl/α,β-unsaturated/α-hetero) is 1. The van der Waals surface area contributed by atoms with Crippen LogP contribution < -0.4 is 5.32 Å². The van der Waals surface area contributed by atoms with Gasteiger partial charge in [0.15, 0.2) is 0 Å². The van der Waals surface area contributed by atoms with Gasteiger partial charge in [0.05, 0.1) is 6.04 Å². The molecule has 0 saturated heterocycles. The van der Waals surface area contributed by atoms with Crippen LogP contribution in [-0.4, -0.2) is 18.9 Å². The van der Waals surface area contributed by atoms with Gasteiger partial charge in [-0.3, -0.25) is 4.79 Å². The Kier molecular flexibility index (Phi) is 5.16. The summed E-state index contributed by atoms with van der Waals surface area (Å²) >= 11 is 0. The molecule has 1 atom stereocenters. The van der Waals surface area contributed by atoms with Crippen molar-refractivity contribution >= 4 is 5.78 Å². The molecule has 0 aromatic carbocycles. The molecule has 1 N–H and O–H groups in total. The highest BCUT2D eigenvalue weighted by Gasteiger charge is 2.17. The van der Waals surface area contributed by atoms with Crippen LogP contribution in [0.1, 0.15) is 51.9 Å². The molecule has 0 unspecified atom stereocenters.